The molecule has 1 aromatic rings. The van der Waals surface area contributed by atoms with E-state index in [4.69, 9.17) is 0 Å². The van der Waals surface area contributed by atoms with Crippen LogP contribution in [0.2, 0.25) is 0 Å². The molecule has 0 radical (unpaired) electrons. The maximum atomic E-state index is 10.2. The van der Waals surface area contributed by atoms with E-state index in [0.717, 1.165) is 24.0 Å². The van der Waals surface area contributed by atoms with E-state index >= 15 is 0 Å². The van der Waals surface area contributed by atoms with E-state index in [-0.39, 0.29) is 5.41 Å². The summed E-state index contributed by atoms with van der Waals surface area (Å²) in [6.45, 7) is 18.6. The zero-order chi connectivity index (χ0) is 17.8. The fraction of sp³-hybridized carbons (Fsp3) is 0.545. The van der Waals surface area contributed by atoms with Gasteiger partial charge in [0, 0.05) is 0 Å². The van der Waals surface area contributed by atoms with E-state index in [2.05, 4.69) is 39.5 Å². The van der Waals surface area contributed by atoms with Crippen molar-refractivity contribution in [2.75, 3.05) is 0 Å². The molecule has 1 unspecified atom stereocenters. The smallest absolute Gasteiger partial charge is 0.122 e. The van der Waals surface area contributed by atoms with Crippen LogP contribution < -0.4 is 0 Å². The minimum absolute atomic E-state index is 0.225. The first-order valence-corrected chi connectivity index (χ1v) is 8.90. The minimum Gasteiger partial charge on any atom is -0.507 e. The van der Waals surface area contributed by atoms with E-state index < -0.39 is 0 Å². The van der Waals surface area contributed by atoms with Gasteiger partial charge in [-0.05, 0) is 86.6 Å². The van der Waals surface area contributed by atoms with Crippen LogP contribution in [0.1, 0.15) is 74.8 Å². The third-order valence-corrected chi connectivity index (χ3v) is 5.04. The number of hydrogen-bond donors (Lipinski definition) is 1. The van der Waals surface area contributed by atoms with Crippen LogP contribution in [-0.4, -0.2) is 5.11 Å². The number of fused-ring (bicyclic) bond motifs is 1. The van der Waals surface area contributed by atoms with Crippen LogP contribution in [0.15, 0.2) is 18.2 Å². The molecule has 1 atom stereocenters. The molecule has 0 spiro atoms. The normalized spacial score (nSPS) is 18.9. The van der Waals surface area contributed by atoms with Crippen LogP contribution in [0.4, 0.5) is 0 Å². The fourth-order valence-electron chi connectivity index (χ4n) is 3.41. The standard InChI is InChI=1S/C20H28O.C2H6/c1-13(2)8-7-10-20(6)11-9-17-16(5)19(21)15(4)14(3)18(17)12-20;1-2/h9,11,21H,1,7-8,10,12H2,2-6H3;1-2H3. The summed E-state index contributed by atoms with van der Waals surface area (Å²) < 4.78 is 0. The number of aromatic hydroxyl groups is 1. The van der Waals surface area contributed by atoms with Gasteiger partial charge in [0.25, 0.3) is 0 Å². The van der Waals surface area contributed by atoms with Gasteiger partial charge in [0.2, 0.25) is 0 Å². The van der Waals surface area contributed by atoms with Crippen molar-refractivity contribution >= 4 is 6.08 Å². The van der Waals surface area contributed by atoms with E-state index in [1.54, 1.807) is 0 Å². The molecular weight excluding hydrogens is 280 g/mol. The van der Waals surface area contributed by atoms with Gasteiger partial charge in [-0.3, -0.25) is 0 Å². The van der Waals surface area contributed by atoms with Crippen molar-refractivity contribution in [1.82, 2.24) is 0 Å². The Balaban J connectivity index is 0.00000127. The molecule has 2 rings (SSSR count). The molecule has 0 bridgehead atoms. The largest absolute Gasteiger partial charge is 0.507 e. The van der Waals surface area contributed by atoms with E-state index in [1.165, 1.54) is 35.1 Å². The number of phenolic OH excluding ortho intramolecular Hbond substituents is 1. The second kappa shape index (κ2) is 7.86. The second-order valence-corrected chi connectivity index (χ2v) is 7.09. The van der Waals surface area contributed by atoms with Gasteiger partial charge in [0.1, 0.15) is 5.75 Å². The number of phenols is 1. The van der Waals surface area contributed by atoms with Crippen LogP contribution >= 0.6 is 0 Å². The predicted molar refractivity (Wildman–Crippen MR) is 103 cm³/mol. The Morgan fingerprint density at radius 3 is 2.35 bits per heavy atom. The molecule has 23 heavy (non-hydrogen) atoms. The van der Waals surface area contributed by atoms with Crippen LogP contribution in [0.5, 0.6) is 5.75 Å². The summed E-state index contributed by atoms with van der Waals surface area (Å²) in [7, 11) is 0. The quantitative estimate of drug-likeness (QED) is 0.616. The topological polar surface area (TPSA) is 20.2 Å². The molecule has 0 saturated carbocycles. The molecule has 0 fully saturated rings. The first kappa shape index (κ1) is 19.5. The molecular formula is C22H34O. The Labute approximate surface area is 143 Å². The van der Waals surface area contributed by atoms with Gasteiger partial charge in [-0.15, -0.1) is 6.58 Å². The third-order valence-electron chi connectivity index (χ3n) is 5.04. The summed E-state index contributed by atoms with van der Waals surface area (Å²) in [5.74, 6) is 0.460. The van der Waals surface area contributed by atoms with Crippen molar-refractivity contribution in [1.29, 1.82) is 0 Å². The minimum atomic E-state index is 0.225. The molecule has 1 aliphatic rings. The van der Waals surface area contributed by atoms with E-state index in [9.17, 15) is 5.11 Å². The van der Waals surface area contributed by atoms with Gasteiger partial charge < -0.3 is 5.11 Å². The molecule has 0 amide bonds. The van der Waals surface area contributed by atoms with Gasteiger partial charge in [-0.1, -0.05) is 38.5 Å². The highest BCUT2D eigenvalue weighted by Gasteiger charge is 2.28. The lowest BCUT2D eigenvalue weighted by molar-refractivity contribution is 0.372. The van der Waals surface area contributed by atoms with Crippen molar-refractivity contribution in [3.8, 4) is 5.75 Å². The van der Waals surface area contributed by atoms with Crippen LogP contribution in [-0.2, 0) is 6.42 Å². The van der Waals surface area contributed by atoms with Gasteiger partial charge in [0.15, 0.2) is 0 Å². The van der Waals surface area contributed by atoms with E-state index in [1.807, 2.05) is 27.7 Å². The van der Waals surface area contributed by atoms with Crippen molar-refractivity contribution in [3.05, 3.63) is 46.0 Å². The summed E-state index contributed by atoms with van der Waals surface area (Å²) in [5.41, 5.74) is 7.45. The molecule has 1 nitrogen and oxygen atoms in total. The summed E-state index contributed by atoms with van der Waals surface area (Å²) >= 11 is 0. The summed E-state index contributed by atoms with van der Waals surface area (Å²) in [6.07, 6.45) is 9.14. The van der Waals surface area contributed by atoms with E-state index in [0.29, 0.717) is 5.75 Å². The van der Waals surface area contributed by atoms with Crippen LogP contribution in [0.3, 0.4) is 0 Å². The van der Waals surface area contributed by atoms with Crippen molar-refractivity contribution in [2.24, 2.45) is 5.41 Å². The maximum Gasteiger partial charge on any atom is 0.122 e. The van der Waals surface area contributed by atoms with Crippen LogP contribution in [0.25, 0.3) is 6.08 Å². The van der Waals surface area contributed by atoms with Crippen LogP contribution in [0, 0.1) is 26.2 Å². The molecule has 0 saturated heterocycles. The lowest BCUT2D eigenvalue weighted by Gasteiger charge is -2.33. The molecule has 1 aromatic carbocycles. The number of allylic oxidation sites excluding steroid dienone is 2. The average Bonchev–Trinajstić information content (AvgIpc) is 2.52. The highest BCUT2D eigenvalue weighted by molar-refractivity contribution is 5.68. The Bertz CT molecular complexity index is 607. The Morgan fingerprint density at radius 1 is 1.17 bits per heavy atom. The lowest BCUT2D eigenvalue weighted by atomic mass is 9.72. The monoisotopic (exact) mass is 314 g/mol. The molecule has 0 aromatic heterocycles. The Hall–Kier alpha value is -1.50. The predicted octanol–water partition coefficient (Wildman–Crippen LogP) is 6.67. The van der Waals surface area contributed by atoms with Gasteiger partial charge in [0.05, 0.1) is 0 Å². The summed E-state index contributed by atoms with van der Waals surface area (Å²) in [4.78, 5) is 0. The zero-order valence-corrected chi connectivity index (χ0v) is 16.1. The Morgan fingerprint density at radius 2 is 1.78 bits per heavy atom. The van der Waals surface area contributed by atoms with Crippen molar-refractivity contribution in [2.45, 2.75) is 74.1 Å². The summed E-state index contributed by atoms with van der Waals surface area (Å²) in [6, 6.07) is 0. The Kier molecular flexibility index (Phi) is 6.68. The highest BCUT2D eigenvalue weighted by Crippen LogP contribution is 2.42. The molecule has 1 aliphatic carbocycles. The van der Waals surface area contributed by atoms with Gasteiger partial charge in [-0.25, -0.2) is 0 Å². The number of benzene rings is 1. The number of hydrogen-bond acceptors (Lipinski definition) is 1. The zero-order valence-electron chi connectivity index (χ0n) is 16.1. The molecule has 0 heterocycles. The third kappa shape index (κ3) is 4.28. The first-order valence-electron chi connectivity index (χ1n) is 8.90. The summed E-state index contributed by atoms with van der Waals surface area (Å²) in [5, 5.41) is 10.2. The molecule has 1 N–H and O–H groups in total. The lowest BCUT2D eigenvalue weighted by Crippen LogP contribution is -2.22. The molecule has 0 aliphatic heterocycles. The average molecular weight is 315 g/mol. The number of rotatable bonds is 4. The molecule has 128 valence electrons. The maximum absolute atomic E-state index is 10.2. The second-order valence-electron chi connectivity index (χ2n) is 7.09. The van der Waals surface area contributed by atoms with Gasteiger partial charge in [-0.2, -0.15) is 0 Å². The van der Waals surface area contributed by atoms with Crippen molar-refractivity contribution in [3.63, 3.8) is 0 Å². The van der Waals surface area contributed by atoms with Gasteiger partial charge >= 0.3 is 0 Å². The highest BCUT2D eigenvalue weighted by atomic mass is 16.3. The van der Waals surface area contributed by atoms with Crippen molar-refractivity contribution < 1.29 is 5.11 Å². The first-order chi connectivity index (χ1) is 10.7. The SMILES string of the molecule is C=C(C)CCCC1(C)C=Cc2c(C)c(O)c(C)c(C)c2C1.CC. The fourth-order valence-corrected chi connectivity index (χ4v) is 3.41. The molecule has 1 heteroatoms.